The Hall–Kier alpha value is -2.71. The number of fused-ring (bicyclic) bond motifs is 1. The van der Waals surface area contributed by atoms with Crippen molar-refractivity contribution in [3.8, 4) is 0 Å². The van der Waals surface area contributed by atoms with Gasteiger partial charge >= 0.3 is 0 Å². The van der Waals surface area contributed by atoms with Gasteiger partial charge in [-0.2, -0.15) is 4.31 Å². The van der Waals surface area contributed by atoms with Gasteiger partial charge in [0, 0.05) is 38.7 Å². The van der Waals surface area contributed by atoms with Gasteiger partial charge in [0.05, 0.1) is 15.9 Å². The maximum Gasteiger partial charge on any atom is 0.243 e. The van der Waals surface area contributed by atoms with Crippen LogP contribution in [0.3, 0.4) is 0 Å². The molecule has 1 N–H and O–H groups in total. The quantitative estimate of drug-likeness (QED) is 0.614. The molecule has 8 heteroatoms. The number of hydrogen-bond donors (Lipinski definition) is 1. The highest BCUT2D eigenvalue weighted by Gasteiger charge is 2.22. The molecule has 7 nitrogen and oxygen atoms in total. The van der Waals surface area contributed by atoms with E-state index in [0.29, 0.717) is 25.0 Å². The van der Waals surface area contributed by atoms with E-state index in [0.717, 1.165) is 17.0 Å². The Labute approximate surface area is 171 Å². The number of rotatable bonds is 8. The number of nitrogens with one attached hydrogen (secondary N) is 1. The topological polar surface area (TPSA) is 84.3 Å². The zero-order chi connectivity index (χ0) is 21.0. The lowest BCUT2D eigenvalue weighted by Crippen LogP contribution is -2.30. The van der Waals surface area contributed by atoms with Crippen LogP contribution < -0.4 is 5.32 Å². The van der Waals surface area contributed by atoms with Gasteiger partial charge in [-0.25, -0.2) is 13.4 Å². The molecule has 0 aliphatic heterocycles. The molecule has 3 rings (SSSR count). The third-order valence-electron chi connectivity index (χ3n) is 4.92. The van der Waals surface area contributed by atoms with Crippen molar-refractivity contribution in [1.29, 1.82) is 0 Å². The SMILES string of the molecule is CCN(CC)S(=O)(=O)c1ccc2c(c1)nc(CCC(=O)Nc1ccccc1)n2C. The summed E-state index contributed by atoms with van der Waals surface area (Å²) in [5, 5.41) is 2.86. The lowest BCUT2D eigenvalue weighted by Gasteiger charge is -2.18. The maximum absolute atomic E-state index is 12.8. The second-order valence-corrected chi connectivity index (χ2v) is 8.68. The van der Waals surface area contributed by atoms with Crippen LogP contribution in [0.5, 0.6) is 0 Å². The van der Waals surface area contributed by atoms with E-state index in [1.54, 1.807) is 18.2 Å². The Kier molecular flexibility index (Phi) is 6.34. The first-order chi connectivity index (χ1) is 13.9. The number of carbonyl (C=O) groups excluding carboxylic acids is 1. The molecule has 0 unspecified atom stereocenters. The van der Waals surface area contributed by atoms with Crippen LogP contribution in [0.1, 0.15) is 26.1 Å². The highest BCUT2D eigenvalue weighted by atomic mass is 32.2. The Morgan fingerprint density at radius 1 is 1.10 bits per heavy atom. The van der Waals surface area contributed by atoms with Crippen LogP contribution in [0.25, 0.3) is 11.0 Å². The summed E-state index contributed by atoms with van der Waals surface area (Å²) in [6.07, 6.45) is 0.749. The van der Waals surface area contributed by atoms with E-state index in [-0.39, 0.29) is 17.2 Å². The molecule has 0 saturated heterocycles. The van der Waals surface area contributed by atoms with E-state index in [4.69, 9.17) is 0 Å². The van der Waals surface area contributed by atoms with Gasteiger partial charge in [-0.15, -0.1) is 0 Å². The van der Waals surface area contributed by atoms with Crippen LogP contribution in [-0.4, -0.2) is 41.3 Å². The summed E-state index contributed by atoms with van der Waals surface area (Å²) in [7, 11) is -1.66. The predicted octanol–water partition coefficient (Wildman–Crippen LogP) is 3.18. The largest absolute Gasteiger partial charge is 0.331 e. The summed E-state index contributed by atoms with van der Waals surface area (Å²) < 4.78 is 28.8. The van der Waals surface area contributed by atoms with E-state index in [1.165, 1.54) is 4.31 Å². The van der Waals surface area contributed by atoms with E-state index in [9.17, 15) is 13.2 Å². The standard InChI is InChI=1S/C21H26N4O3S/c1-4-25(5-2)29(27,28)17-11-12-19-18(15-17)23-20(24(19)3)13-14-21(26)22-16-9-7-6-8-10-16/h6-12,15H,4-5,13-14H2,1-3H3,(H,22,26). The van der Waals surface area contributed by atoms with Crippen molar-refractivity contribution < 1.29 is 13.2 Å². The molecular formula is C21H26N4O3S. The highest BCUT2D eigenvalue weighted by molar-refractivity contribution is 7.89. The van der Waals surface area contributed by atoms with E-state index in [2.05, 4.69) is 10.3 Å². The summed E-state index contributed by atoms with van der Waals surface area (Å²) in [5.41, 5.74) is 2.20. The molecule has 0 fully saturated rings. The molecule has 154 valence electrons. The van der Waals surface area contributed by atoms with Crippen molar-refractivity contribution in [3.05, 3.63) is 54.4 Å². The average Bonchev–Trinajstić information content (AvgIpc) is 3.03. The predicted molar refractivity (Wildman–Crippen MR) is 114 cm³/mol. The summed E-state index contributed by atoms with van der Waals surface area (Å²) in [4.78, 5) is 17.0. The molecule has 0 spiro atoms. The molecular weight excluding hydrogens is 388 g/mol. The van der Waals surface area contributed by atoms with Gasteiger partial charge in [0.1, 0.15) is 5.82 Å². The number of aromatic nitrogens is 2. The fourth-order valence-corrected chi connectivity index (χ4v) is 4.78. The number of carbonyl (C=O) groups is 1. The lowest BCUT2D eigenvalue weighted by atomic mass is 10.2. The van der Waals surface area contributed by atoms with Crippen molar-refractivity contribution >= 4 is 32.7 Å². The highest BCUT2D eigenvalue weighted by Crippen LogP contribution is 2.23. The number of para-hydroxylation sites is 1. The minimum Gasteiger partial charge on any atom is -0.331 e. The Balaban J connectivity index is 1.78. The number of sulfonamides is 1. The van der Waals surface area contributed by atoms with Gasteiger partial charge in [0.2, 0.25) is 15.9 Å². The van der Waals surface area contributed by atoms with Gasteiger partial charge in [-0.1, -0.05) is 32.0 Å². The molecule has 29 heavy (non-hydrogen) atoms. The monoisotopic (exact) mass is 414 g/mol. The molecule has 1 aromatic heterocycles. The summed E-state index contributed by atoms with van der Waals surface area (Å²) >= 11 is 0. The molecule has 0 aliphatic rings. The third-order valence-corrected chi connectivity index (χ3v) is 6.97. The van der Waals surface area contributed by atoms with Crippen molar-refractivity contribution in [2.24, 2.45) is 7.05 Å². The van der Waals surface area contributed by atoms with Gasteiger partial charge in [-0.05, 0) is 30.3 Å². The number of aryl methyl sites for hydroxylation is 2. The number of amides is 1. The molecule has 0 atom stereocenters. The van der Waals surface area contributed by atoms with Crippen molar-refractivity contribution in [2.75, 3.05) is 18.4 Å². The minimum atomic E-state index is -3.54. The molecule has 0 bridgehead atoms. The number of hydrogen-bond acceptors (Lipinski definition) is 4. The molecule has 0 aliphatic carbocycles. The first kappa shape index (κ1) is 21.0. The molecule has 2 aromatic carbocycles. The Morgan fingerprint density at radius 2 is 1.79 bits per heavy atom. The van der Waals surface area contributed by atoms with Crippen molar-refractivity contribution in [3.63, 3.8) is 0 Å². The van der Waals surface area contributed by atoms with Crippen LogP contribution in [0.15, 0.2) is 53.4 Å². The van der Waals surface area contributed by atoms with Crippen LogP contribution in [-0.2, 0) is 28.3 Å². The second-order valence-electron chi connectivity index (χ2n) is 6.74. The maximum atomic E-state index is 12.8. The summed E-state index contributed by atoms with van der Waals surface area (Å²) in [6.45, 7) is 4.47. The van der Waals surface area contributed by atoms with Gasteiger partial charge in [-0.3, -0.25) is 4.79 Å². The fourth-order valence-electron chi connectivity index (χ4n) is 3.30. The van der Waals surface area contributed by atoms with Crippen LogP contribution in [0.2, 0.25) is 0 Å². The van der Waals surface area contributed by atoms with Crippen molar-refractivity contribution in [1.82, 2.24) is 13.9 Å². The van der Waals surface area contributed by atoms with E-state index in [1.807, 2.05) is 55.8 Å². The van der Waals surface area contributed by atoms with Gasteiger partial charge in [0.25, 0.3) is 0 Å². The average molecular weight is 415 g/mol. The van der Waals surface area contributed by atoms with Crippen molar-refractivity contribution in [2.45, 2.75) is 31.6 Å². The van der Waals surface area contributed by atoms with E-state index < -0.39 is 10.0 Å². The number of anilines is 1. The molecule has 1 heterocycles. The first-order valence-electron chi connectivity index (χ1n) is 9.67. The minimum absolute atomic E-state index is 0.0898. The number of benzene rings is 2. The van der Waals surface area contributed by atoms with Crippen LogP contribution >= 0.6 is 0 Å². The number of imidazole rings is 1. The third kappa shape index (κ3) is 4.49. The molecule has 1 amide bonds. The molecule has 0 saturated carbocycles. The Morgan fingerprint density at radius 3 is 2.45 bits per heavy atom. The summed E-state index contributed by atoms with van der Waals surface area (Å²) in [6, 6.07) is 14.3. The smallest absolute Gasteiger partial charge is 0.243 e. The Bertz CT molecular complexity index is 1100. The normalized spacial score (nSPS) is 11.9. The van der Waals surface area contributed by atoms with Crippen LogP contribution in [0, 0.1) is 0 Å². The molecule has 3 aromatic rings. The van der Waals surface area contributed by atoms with Crippen LogP contribution in [0.4, 0.5) is 5.69 Å². The zero-order valence-corrected chi connectivity index (χ0v) is 17.7. The second kappa shape index (κ2) is 8.75. The fraction of sp³-hybridized carbons (Fsp3) is 0.333. The van der Waals surface area contributed by atoms with Gasteiger partial charge < -0.3 is 9.88 Å². The number of nitrogens with zero attached hydrogens (tertiary/aromatic N) is 3. The van der Waals surface area contributed by atoms with Gasteiger partial charge in [0.15, 0.2) is 0 Å². The first-order valence-corrected chi connectivity index (χ1v) is 11.1. The molecule has 0 radical (unpaired) electrons. The summed E-state index contributed by atoms with van der Waals surface area (Å²) in [5.74, 6) is 0.647. The van der Waals surface area contributed by atoms with E-state index >= 15 is 0 Å². The lowest BCUT2D eigenvalue weighted by molar-refractivity contribution is -0.116. The zero-order valence-electron chi connectivity index (χ0n) is 16.9.